The molecule has 2 aromatic rings. The molecule has 1 aromatic heterocycles. The Hall–Kier alpha value is -1.21. The molecule has 1 heterocycles. The number of hydrogen-bond donors (Lipinski definition) is 2. The third-order valence-corrected chi connectivity index (χ3v) is 5.03. The number of aliphatic hydroxyl groups is 1. The van der Waals surface area contributed by atoms with Gasteiger partial charge in [-0.05, 0) is 31.2 Å². The molecule has 0 saturated carbocycles. The van der Waals surface area contributed by atoms with Crippen LogP contribution < -0.4 is 4.72 Å². The zero-order valence-electron chi connectivity index (χ0n) is 11.2. The lowest BCUT2D eigenvalue weighted by atomic mass is 10.3. The van der Waals surface area contributed by atoms with Gasteiger partial charge in [0.25, 0.3) is 10.0 Å². The minimum Gasteiger partial charge on any atom is -0.390 e. The predicted molar refractivity (Wildman–Crippen MR) is 83.3 cm³/mol. The van der Waals surface area contributed by atoms with Crippen LogP contribution in [0.5, 0.6) is 0 Å². The van der Waals surface area contributed by atoms with Crippen LogP contribution in [0.3, 0.4) is 0 Å². The highest BCUT2D eigenvalue weighted by molar-refractivity contribution is 7.92. The summed E-state index contributed by atoms with van der Waals surface area (Å²) in [7, 11) is -3.75. The fraction of sp³-hybridized carbons (Fsp3) is 0.231. The van der Waals surface area contributed by atoms with E-state index in [1.165, 1.54) is 30.5 Å². The van der Waals surface area contributed by atoms with E-state index in [4.69, 9.17) is 23.2 Å². The maximum Gasteiger partial charge on any atom is 0.263 e. The Morgan fingerprint density at radius 2 is 1.95 bits per heavy atom. The summed E-state index contributed by atoms with van der Waals surface area (Å²) in [6.07, 6.45) is 1.48. The number of nitrogens with zero attached hydrogens (tertiary/aromatic N) is 1. The smallest absolute Gasteiger partial charge is 0.263 e. The van der Waals surface area contributed by atoms with Gasteiger partial charge in [0.1, 0.15) is 4.90 Å². The number of sulfonamides is 1. The van der Waals surface area contributed by atoms with E-state index >= 15 is 0 Å². The molecule has 21 heavy (non-hydrogen) atoms. The van der Waals surface area contributed by atoms with E-state index in [-0.39, 0.29) is 16.5 Å². The SMILES string of the molecule is CCn1cc(S(=O)(=O)Nc2ccc(Cl)c(Cl)c2)cc1CO. The Labute approximate surface area is 133 Å². The van der Waals surface area contributed by atoms with E-state index in [9.17, 15) is 13.5 Å². The van der Waals surface area contributed by atoms with Crippen LogP contribution in [-0.4, -0.2) is 18.1 Å². The second-order valence-electron chi connectivity index (χ2n) is 4.35. The molecule has 0 fully saturated rings. The van der Waals surface area contributed by atoms with E-state index in [2.05, 4.69) is 4.72 Å². The van der Waals surface area contributed by atoms with Crippen LogP contribution in [0.4, 0.5) is 5.69 Å². The first-order valence-electron chi connectivity index (χ1n) is 6.15. The van der Waals surface area contributed by atoms with Crippen LogP contribution in [0, 0.1) is 0 Å². The molecule has 114 valence electrons. The van der Waals surface area contributed by atoms with Crippen LogP contribution >= 0.6 is 23.2 Å². The number of rotatable bonds is 5. The highest BCUT2D eigenvalue weighted by Gasteiger charge is 2.18. The van der Waals surface area contributed by atoms with Crippen molar-refractivity contribution >= 4 is 38.9 Å². The van der Waals surface area contributed by atoms with E-state index < -0.39 is 10.0 Å². The van der Waals surface area contributed by atoms with Crippen molar-refractivity contribution in [2.75, 3.05) is 4.72 Å². The summed E-state index contributed by atoms with van der Waals surface area (Å²) in [5, 5.41) is 9.83. The van der Waals surface area contributed by atoms with Crippen LogP contribution in [0.15, 0.2) is 35.4 Å². The highest BCUT2D eigenvalue weighted by atomic mass is 35.5. The Bertz CT molecular complexity index is 735. The van der Waals surface area contributed by atoms with Crippen molar-refractivity contribution in [3.8, 4) is 0 Å². The van der Waals surface area contributed by atoms with Gasteiger partial charge in [-0.2, -0.15) is 0 Å². The van der Waals surface area contributed by atoms with E-state index in [1.807, 2.05) is 6.92 Å². The maximum atomic E-state index is 12.3. The molecule has 2 N–H and O–H groups in total. The summed E-state index contributed by atoms with van der Waals surface area (Å²) < 4.78 is 28.7. The lowest BCUT2D eigenvalue weighted by Crippen LogP contribution is -2.12. The summed E-state index contributed by atoms with van der Waals surface area (Å²) in [6.45, 7) is 2.20. The van der Waals surface area contributed by atoms with E-state index in [1.54, 1.807) is 4.57 Å². The molecular weight excluding hydrogens is 335 g/mol. The fourth-order valence-corrected chi connectivity index (χ4v) is 3.28. The van der Waals surface area contributed by atoms with Gasteiger partial charge < -0.3 is 9.67 Å². The summed E-state index contributed by atoms with van der Waals surface area (Å²) in [5.41, 5.74) is 0.853. The minimum absolute atomic E-state index is 0.0828. The Morgan fingerprint density at radius 3 is 2.48 bits per heavy atom. The van der Waals surface area contributed by atoms with Crippen molar-refractivity contribution < 1.29 is 13.5 Å². The average Bonchev–Trinajstić information content (AvgIpc) is 2.86. The number of nitrogens with one attached hydrogen (secondary N) is 1. The van der Waals surface area contributed by atoms with Crippen LogP contribution in [0.1, 0.15) is 12.6 Å². The van der Waals surface area contributed by atoms with Crippen LogP contribution in [0.25, 0.3) is 0 Å². The molecule has 0 atom stereocenters. The molecule has 0 aliphatic carbocycles. The molecule has 0 aliphatic rings. The number of halogens is 2. The van der Waals surface area contributed by atoms with E-state index in [0.29, 0.717) is 22.9 Å². The van der Waals surface area contributed by atoms with Crippen molar-refractivity contribution in [1.29, 1.82) is 0 Å². The second kappa shape index (κ2) is 6.27. The van der Waals surface area contributed by atoms with E-state index in [0.717, 1.165) is 0 Å². The third-order valence-electron chi connectivity index (χ3n) is 2.95. The summed E-state index contributed by atoms with van der Waals surface area (Å²) in [4.78, 5) is 0.0828. The molecule has 0 spiro atoms. The first-order chi connectivity index (χ1) is 9.87. The molecule has 0 saturated heterocycles. The van der Waals surface area contributed by atoms with Gasteiger partial charge in [-0.1, -0.05) is 23.2 Å². The number of aryl methyl sites for hydroxylation is 1. The average molecular weight is 349 g/mol. The Balaban J connectivity index is 2.33. The van der Waals surface area contributed by atoms with Gasteiger partial charge >= 0.3 is 0 Å². The molecule has 0 aliphatic heterocycles. The summed E-state index contributed by atoms with van der Waals surface area (Å²) in [6, 6.07) is 5.90. The first kappa shape index (κ1) is 16.2. The van der Waals surface area contributed by atoms with Crippen molar-refractivity contribution in [2.24, 2.45) is 0 Å². The van der Waals surface area contributed by atoms with Gasteiger partial charge in [-0.3, -0.25) is 4.72 Å². The normalized spacial score (nSPS) is 11.6. The van der Waals surface area contributed by atoms with Crippen molar-refractivity contribution in [3.05, 3.63) is 46.2 Å². The molecule has 0 radical (unpaired) electrons. The molecular formula is C13H14Cl2N2O3S. The van der Waals surface area contributed by atoms with Crippen LogP contribution in [-0.2, 0) is 23.2 Å². The molecule has 0 amide bonds. The van der Waals surface area contributed by atoms with Crippen LogP contribution in [0.2, 0.25) is 10.0 Å². The predicted octanol–water partition coefficient (Wildman–Crippen LogP) is 3.11. The zero-order valence-corrected chi connectivity index (χ0v) is 13.5. The van der Waals surface area contributed by atoms with Gasteiger partial charge in [0.15, 0.2) is 0 Å². The number of benzene rings is 1. The Kier molecular flexibility index (Phi) is 4.83. The largest absolute Gasteiger partial charge is 0.390 e. The lowest BCUT2D eigenvalue weighted by Gasteiger charge is -2.07. The fourth-order valence-electron chi connectivity index (χ4n) is 1.87. The number of aliphatic hydroxyl groups excluding tert-OH is 1. The third kappa shape index (κ3) is 3.52. The highest BCUT2D eigenvalue weighted by Crippen LogP contribution is 2.26. The molecule has 8 heteroatoms. The van der Waals surface area contributed by atoms with Gasteiger partial charge in [0.2, 0.25) is 0 Å². The van der Waals surface area contributed by atoms with Crippen molar-refractivity contribution in [1.82, 2.24) is 4.57 Å². The van der Waals surface area contributed by atoms with Crippen molar-refractivity contribution in [2.45, 2.75) is 25.0 Å². The zero-order chi connectivity index (χ0) is 15.6. The second-order valence-corrected chi connectivity index (χ2v) is 6.84. The van der Waals surface area contributed by atoms with Gasteiger partial charge in [0.05, 0.1) is 22.3 Å². The standard InChI is InChI=1S/C13H14Cl2N2O3S/c1-2-17-7-11(6-10(17)8-18)21(19,20)16-9-3-4-12(14)13(15)5-9/h3-7,16,18H,2,8H2,1H3. The monoisotopic (exact) mass is 348 g/mol. The van der Waals surface area contributed by atoms with Gasteiger partial charge in [0, 0.05) is 18.4 Å². The quantitative estimate of drug-likeness (QED) is 0.871. The van der Waals surface area contributed by atoms with Gasteiger partial charge in [-0.25, -0.2) is 8.42 Å². The molecule has 0 bridgehead atoms. The number of hydrogen-bond acceptors (Lipinski definition) is 3. The summed E-state index contributed by atoms with van der Waals surface area (Å²) in [5.74, 6) is 0. The van der Waals surface area contributed by atoms with Gasteiger partial charge in [-0.15, -0.1) is 0 Å². The first-order valence-corrected chi connectivity index (χ1v) is 8.39. The Morgan fingerprint density at radius 1 is 1.24 bits per heavy atom. The summed E-state index contributed by atoms with van der Waals surface area (Å²) >= 11 is 11.6. The molecule has 1 aromatic carbocycles. The minimum atomic E-state index is -3.75. The molecule has 0 unspecified atom stereocenters. The topological polar surface area (TPSA) is 71.3 Å². The number of aromatic nitrogens is 1. The lowest BCUT2D eigenvalue weighted by molar-refractivity contribution is 0.271. The molecule has 5 nitrogen and oxygen atoms in total. The maximum absolute atomic E-state index is 12.3. The number of anilines is 1. The van der Waals surface area contributed by atoms with Crippen molar-refractivity contribution in [3.63, 3.8) is 0 Å². The molecule has 2 rings (SSSR count).